The van der Waals surface area contributed by atoms with Gasteiger partial charge in [0.1, 0.15) is 12.4 Å². The summed E-state index contributed by atoms with van der Waals surface area (Å²) in [4.78, 5) is 11.1. The Morgan fingerprint density at radius 1 is 1.59 bits per heavy atom. The number of hydrogen-bond acceptors (Lipinski definition) is 5. The Labute approximate surface area is 99.0 Å². The maximum Gasteiger partial charge on any atom is 0.300 e. The molecule has 1 aliphatic heterocycles. The summed E-state index contributed by atoms with van der Waals surface area (Å²) in [5, 5.41) is 0. The third-order valence-electron chi connectivity index (χ3n) is 2.64. The summed E-state index contributed by atoms with van der Waals surface area (Å²) in [7, 11) is 0. The van der Waals surface area contributed by atoms with Gasteiger partial charge in [0.15, 0.2) is 5.76 Å². The average molecular weight is 240 g/mol. The lowest BCUT2D eigenvalue weighted by molar-refractivity contribution is 0.0676. The molecule has 1 aliphatic rings. The van der Waals surface area contributed by atoms with Crippen LogP contribution in [0.5, 0.6) is 0 Å². The molecule has 0 radical (unpaired) electrons. The molecule has 0 aromatic carbocycles. The summed E-state index contributed by atoms with van der Waals surface area (Å²) in [5.41, 5.74) is 2.01. The molecule has 94 valence electrons. The predicted octanol–water partition coefficient (Wildman–Crippen LogP) is 0.436. The second-order valence-electron chi connectivity index (χ2n) is 3.98. The molecule has 2 heterocycles. The smallest absolute Gasteiger partial charge is 0.300 e. The highest BCUT2D eigenvalue weighted by Gasteiger charge is 2.16. The largest absolute Gasteiger partial charge is 0.453 e. The van der Waals surface area contributed by atoms with E-state index in [1.54, 1.807) is 12.1 Å². The maximum atomic E-state index is 11.1. The molecule has 17 heavy (non-hydrogen) atoms. The molecule has 0 aliphatic carbocycles. The Kier molecular flexibility index (Phi) is 4.13. The lowest BCUT2D eigenvalue weighted by Crippen LogP contribution is -2.29. The van der Waals surface area contributed by atoms with Gasteiger partial charge in [-0.3, -0.25) is 10.2 Å². The second-order valence-corrected chi connectivity index (χ2v) is 3.98. The van der Waals surface area contributed by atoms with Gasteiger partial charge in [-0.25, -0.2) is 5.84 Å². The van der Waals surface area contributed by atoms with Crippen LogP contribution in [0.25, 0.3) is 0 Å². The average Bonchev–Trinajstić information content (AvgIpc) is 2.99. The minimum absolute atomic E-state index is 0.190. The molecule has 3 N–H and O–H groups in total. The van der Waals surface area contributed by atoms with E-state index in [1.165, 1.54) is 0 Å². The van der Waals surface area contributed by atoms with Crippen LogP contribution < -0.4 is 11.3 Å². The van der Waals surface area contributed by atoms with Gasteiger partial charge in [-0.05, 0) is 18.6 Å². The molecule has 6 nitrogen and oxygen atoms in total. The van der Waals surface area contributed by atoms with Crippen molar-refractivity contribution in [3.05, 3.63) is 23.7 Å². The number of amides is 1. The first-order valence-electron chi connectivity index (χ1n) is 5.54. The van der Waals surface area contributed by atoms with Gasteiger partial charge in [0.2, 0.25) is 0 Å². The topological polar surface area (TPSA) is 86.7 Å². The van der Waals surface area contributed by atoms with E-state index < -0.39 is 5.91 Å². The number of nitrogens with two attached hydrogens (primary N) is 1. The first-order chi connectivity index (χ1) is 8.29. The van der Waals surface area contributed by atoms with Crippen LogP contribution in [0, 0.1) is 5.92 Å². The standard InChI is InChI=1S/C11H16N2O4/c12-13-11(14)10-2-1-9(17-10)7-16-6-8-3-4-15-5-8/h1-2,8H,3-7,12H2,(H,13,14). The summed E-state index contributed by atoms with van der Waals surface area (Å²) < 4.78 is 16.0. The zero-order valence-corrected chi connectivity index (χ0v) is 9.48. The normalized spacial score (nSPS) is 19.5. The van der Waals surface area contributed by atoms with Crippen LogP contribution in [0.3, 0.4) is 0 Å². The van der Waals surface area contributed by atoms with Crippen LogP contribution in [0.1, 0.15) is 22.7 Å². The number of hydrogen-bond donors (Lipinski definition) is 2. The Balaban J connectivity index is 1.74. The zero-order chi connectivity index (χ0) is 12.1. The third kappa shape index (κ3) is 3.29. The number of carbonyl (C=O) groups is 1. The van der Waals surface area contributed by atoms with Crippen molar-refractivity contribution < 1.29 is 18.7 Å². The Morgan fingerprint density at radius 2 is 2.47 bits per heavy atom. The number of hydrazine groups is 1. The van der Waals surface area contributed by atoms with Crippen molar-refractivity contribution in [3.8, 4) is 0 Å². The fourth-order valence-electron chi connectivity index (χ4n) is 1.69. The van der Waals surface area contributed by atoms with Gasteiger partial charge in [-0.15, -0.1) is 0 Å². The van der Waals surface area contributed by atoms with Gasteiger partial charge in [-0.1, -0.05) is 0 Å². The number of nitrogens with one attached hydrogen (secondary N) is 1. The van der Waals surface area contributed by atoms with Gasteiger partial charge in [-0.2, -0.15) is 0 Å². The first-order valence-corrected chi connectivity index (χ1v) is 5.54. The van der Waals surface area contributed by atoms with Crippen LogP contribution in [0.4, 0.5) is 0 Å². The number of nitrogen functional groups attached to an aromatic ring is 1. The Bertz CT molecular complexity index is 371. The van der Waals surface area contributed by atoms with Crippen molar-refractivity contribution in [3.63, 3.8) is 0 Å². The zero-order valence-electron chi connectivity index (χ0n) is 9.48. The molecule has 6 heteroatoms. The number of furan rings is 1. The van der Waals surface area contributed by atoms with E-state index in [-0.39, 0.29) is 5.76 Å². The molecule has 1 amide bonds. The quantitative estimate of drug-likeness (QED) is 0.443. The van der Waals surface area contributed by atoms with E-state index >= 15 is 0 Å². The highest BCUT2D eigenvalue weighted by Crippen LogP contribution is 2.14. The van der Waals surface area contributed by atoms with Gasteiger partial charge < -0.3 is 13.9 Å². The number of carbonyl (C=O) groups excluding carboxylic acids is 1. The van der Waals surface area contributed by atoms with Crippen LogP contribution >= 0.6 is 0 Å². The highest BCUT2D eigenvalue weighted by molar-refractivity contribution is 5.90. The lowest BCUT2D eigenvalue weighted by atomic mass is 10.1. The third-order valence-corrected chi connectivity index (χ3v) is 2.64. The van der Waals surface area contributed by atoms with Gasteiger partial charge in [0, 0.05) is 12.5 Å². The monoisotopic (exact) mass is 240 g/mol. The number of ether oxygens (including phenoxy) is 2. The van der Waals surface area contributed by atoms with Gasteiger partial charge in [0.05, 0.1) is 13.2 Å². The lowest BCUT2D eigenvalue weighted by Gasteiger charge is -2.06. The number of rotatable bonds is 5. The van der Waals surface area contributed by atoms with Crippen molar-refractivity contribution in [1.29, 1.82) is 0 Å². The van der Waals surface area contributed by atoms with E-state index in [4.69, 9.17) is 19.7 Å². The predicted molar refractivity (Wildman–Crippen MR) is 58.9 cm³/mol. The van der Waals surface area contributed by atoms with E-state index in [0.717, 1.165) is 19.6 Å². The van der Waals surface area contributed by atoms with Crippen LogP contribution in [-0.4, -0.2) is 25.7 Å². The Hall–Kier alpha value is -1.37. The summed E-state index contributed by atoms with van der Waals surface area (Å²) in [6, 6.07) is 3.27. The molecule has 1 atom stereocenters. The van der Waals surface area contributed by atoms with Crippen molar-refractivity contribution in [1.82, 2.24) is 5.43 Å². The molecule has 0 bridgehead atoms. The summed E-state index contributed by atoms with van der Waals surface area (Å²) in [6.45, 7) is 2.59. The van der Waals surface area contributed by atoms with Gasteiger partial charge >= 0.3 is 5.91 Å². The summed E-state index contributed by atoms with van der Waals surface area (Å²) >= 11 is 0. The maximum absolute atomic E-state index is 11.1. The van der Waals surface area contributed by atoms with Crippen molar-refractivity contribution in [2.75, 3.05) is 19.8 Å². The van der Waals surface area contributed by atoms with Gasteiger partial charge in [0.25, 0.3) is 0 Å². The van der Waals surface area contributed by atoms with Crippen LogP contribution in [0.15, 0.2) is 16.5 Å². The van der Waals surface area contributed by atoms with Crippen molar-refractivity contribution in [2.45, 2.75) is 13.0 Å². The SMILES string of the molecule is NNC(=O)c1ccc(COCC2CCOC2)o1. The molecule has 1 unspecified atom stereocenters. The molecule has 1 saturated heterocycles. The fourth-order valence-corrected chi connectivity index (χ4v) is 1.69. The molecule has 2 rings (SSSR count). The molecular weight excluding hydrogens is 224 g/mol. The minimum atomic E-state index is -0.444. The summed E-state index contributed by atoms with van der Waals surface area (Å²) in [5.74, 6) is 5.82. The molecule has 1 aromatic rings. The van der Waals surface area contributed by atoms with Crippen molar-refractivity contribution >= 4 is 5.91 Å². The van der Waals surface area contributed by atoms with Crippen LogP contribution in [-0.2, 0) is 16.1 Å². The highest BCUT2D eigenvalue weighted by atomic mass is 16.5. The Morgan fingerprint density at radius 3 is 3.18 bits per heavy atom. The molecule has 0 spiro atoms. The van der Waals surface area contributed by atoms with E-state index in [1.807, 2.05) is 5.43 Å². The second kappa shape index (κ2) is 5.81. The van der Waals surface area contributed by atoms with E-state index in [0.29, 0.717) is 24.9 Å². The minimum Gasteiger partial charge on any atom is -0.453 e. The van der Waals surface area contributed by atoms with E-state index in [2.05, 4.69) is 0 Å². The summed E-state index contributed by atoms with van der Waals surface area (Å²) in [6.07, 6.45) is 1.04. The van der Waals surface area contributed by atoms with Crippen molar-refractivity contribution in [2.24, 2.45) is 11.8 Å². The molecule has 1 fully saturated rings. The first kappa shape index (κ1) is 12.1. The molecular formula is C11H16N2O4. The van der Waals surface area contributed by atoms with E-state index in [9.17, 15) is 4.79 Å². The fraction of sp³-hybridized carbons (Fsp3) is 0.545. The van der Waals surface area contributed by atoms with Crippen LogP contribution in [0.2, 0.25) is 0 Å². The molecule has 1 aromatic heterocycles. The molecule has 0 saturated carbocycles.